The summed E-state index contributed by atoms with van der Waals surface area (Å²) in [4.78, 5) is 2.37. The van der Waals surface area contributed by atoms with Gasteiger partial charge in [0.05, 0.1) is 0 Å². The summed E-state index contributed by atoms with van der Waals surface area (Å²) in [5, 5.41) is 11.2. The van der Waals surface area contributed by atoms with Gasteiger partial charge in [0, 0.05) is 28.0 Å². The topological polar surface area (TPSA) is 16.4 Å². The standard InChI is InChI=1S/C60H39NO/c1-4-13-55-44(8-1)20-22-48-36-47(28-34-57(48)55)43-26-31-53(32-27-43)61(54-33-35-58-49(38-54)23-21-45-9-2-5-14-56(45)58)52-29-24-41(25-30-52)40-16-18-42(19-17-40)46-11-7-12-50(37-46)60-39-51-10-3-6-15-59(51)62-60/h1-39H. The van der Waals surface area contributed by atoms with E-state index >= 15 is 0 Å². The largest absolute Gasteiger partial charge is 0.456 e. The van der Waals surface area contributed by atoms with Crippen molar-refractivity contribution in [1.29, 1.82) is 0 Å². The Hall–Kier alpha value is -8.20. The van der Waals surface area contributed by atoms with E-state index in [4.69, 9.17) is 4.42 Å². The third-order valence-corrected chi connectivity index (χ3v) is 12.4. The molecular formula is C60H39NO. The quantitative estimate of drug-likeness (QED) is 0.150. The van der Waals surface area contributed by atoms with Crippen molar-refractivity contribution < 1.29 is 4.42 Å². The zero-order valence-corrected chi connectivity index (χ0v) is 33.9. The Balaban J connectivity index is 0.873. The molecule has 0 aliphatic heterocycles. The molecule has 290 valence electrons. The van der Waals surface area contributed by atoms with Gasteiger partial charge in [-0.05, 0) is 137 Å². The summed E-state index contributed by atoms with van der Waals surface area (Å²) in [5.41, 5.74) is 12.3. The van der Waals surface area contributed by atoms with Crippen LogP contribution < -0.4 is 4.90 Å². The lowest BCUT2D eigenvalue weighted by Gasteiger charge is -2.26. The number of nitrogens with zero attached hydrogens (tertiary/aromatic N) is 1. The van der Waals surface area contributed by atoms with E-state index in [1.807, 2.05) is 18.2 Å². The summed E-state index contributed by atoms with van der Waals surface area (Å²) in [6, 6.07) is 85.5. The van der Waals surface area contributed by atoms with Crippen LogP contribution >= 0.6 is 0 Å². The molecule has 0 spiro atoms. The van der Waals surface area contributed by atoms with E-state index in [1.165, 1.54) is 70.9 Å². The zero-order valence-electron chi connectivity index (χ0n) is 33.9. The number of furan rings is 1. The minimum atomic E-state index is 0.880. The molecule has 11 aromatic carbocycles. The number of para-hydroxylation sites is 1. The highest BCUT2D eigenvalue weighted by atomic mass is 16.3. The van der Waals surface area contributed by atoms with Gasteiger partial charge >= 0.3 is 0 Å². The van der Waals surface area contributed by atoms with Gasteiger partial charge in [0.25, 0.3) is 0 Å². The van der Waals surface area contributed by atoms with E-state index < -0.39 is 0 Å². The third kappa shape index (κ3) is 6.38. The Labute approximate surface area is 360 Å². The molecule has 2 heteroatoms. The highest BCUT2D eigenvalue weighted by molar-refractivity contribution is 6.09. The zero-order chi connectivity index (χ0) is 41.0. The minimum Gasteiger partial charge on any atom is -0.456 e. The van der Waals surface area contributed by atoms with Crippen molar-refractivity contribution in [2.24, 2.45) is 0 Å². The molecule has 0 radical (unpaired) electrons. The maximum Gasteiger partial charge on any atom is 0.135 e. The molecule has 1 heterocycles. The molecule has 62 heavy (non-hydrogen) atoms. The van der Waals surface area contributed by atoms with E-state index in [1.54, 1.807) is 0 Å². The fourth-order valence-corrected chi connectivity index (χ4v) is 9.22. The van der Waals surface area contributed by atoms with Crippen molar-refractivity contribution in [3.63, 3.8) is 0 Å². The summed E-state index contributed by atoms with van der Waals surface area (Å²) in [5.74, 6) is 0.880. The predicted octanol–water partition coefficient (Wildman–Crippen LogP) is 17.2. The van der Waals surface area contributed by atoms with Crippen LogP contribution in [0.3, 0.4) is 0 Å². The summed E-state index contributed by atoms with van der Waals surface area (Å²) in [6.07, 6.45) is 0. The molecule has 0 N–H and O–H groups in total. The van der Waals surface area contributed by atoms with Gasteiger partial charge in [0.15, 0.2) is 0 Å². The number of hydrogen-bond acceptors (Lipinski definition) is 2. The Kier molecular flexibility index (Phi) is 8.53. The molecule has 12 aromatic rings. The summed E-state index contributed by atoms with van der Waals surface area (Å²) in [6.45, 7) is 0. The van der Waals surface area contributed by atoms with Crippen LogP contribution in [0.25, 0.3) is 98.8 Å². The van der Waals surface area contributed by atoms with Crippen LogP contribution in [0.4, 0.5) is 17.1 Å². The highest BCUT2D eigenvalue weighted by Gasteiger charge is 2.16. The predicted molar refractivity (Wildman–Crippen MR) is 263 cm³/mol. The summed E-state index contributed by atoms with van der Waals surface area (Å²) < 4.78 is 6.18. The van der Waals surface area contributed by atoms with Crippen LogP contribution in [0.5, 0.6) is 0 Å². The van der Waals surface area contributed by atoms with Crippen molar-refractivity contribution in [2.45, 2.75) is 0 Å². The molecular weight excluding hydrogens is 751 g/mol. The SMILES string of the molecule is c1cc(-c2ccc(-c3ccc(N(c4ccc(-c5ccc6c(ccc7ccccc76)c5)cc4)c4ccc5c(ccc6ccccc65)c4)cc3)cc2)cc(-c2cc3ccccc3o2)c1. The molecule has 0 amide bonds. The van der Waals surface area contributed by atoms with Crippen LogP contribution in [0.1, 0.15) is 0 Å². The van der Waals surface area contributed by atoms with Gasteiger partial charge in [0.2, 0.25) is 0 Å². The molecule has 2 nitrogen and oxygen atoms in total. The average molecular weight is 790 g/mol. The molecule has 0 atom stereocenters. The first-order valence-electron chi connectivity index (χ1n) is 21.2. The number of benzene rings is 11. The third-order valence-electron chi connectivity index (χ3n) is 12.4. The molecule has 0 bridgehead atoms. The lowest BCUT2D eigenvalue weighted by atomic mass is 9.97. The number of hydrogen-bond donors (Lipinski definition) is 0. The van der Waals surface area contributed by atoms with E-state index in [0.29, 0.717) is 0 Å². The molecule has 0 fully saturated rings. The van der Waals surface area contributed by atoms with Crippen molar-refractivity contribution >= 4 is 71.1 Å². The first-order valence-corrected chi connectivity index (χ1v) is 21.2. The first-order chi connectivity index (χ1) is 30.7. The monoisotopic (exact) mass is 789 g/mol. The Morgan fingerprint density at radius 3 is 1.31 bits per heavy atom. The van der Waals surface area contributed by atoms with Crippen LogP contribution in [0.2, 0.25) is 0 Å². The molecule has 12 rings (SSSR count). The van der Waals surface area contributed by atoms with E-state index in [0.717, 1.165) is 44.9 Å². The van der Waals surface area contributed by atoms with Crippen LogP contribution in [0, 0.1) is 0 Å². The maximum absolute atomic E-state index is 6.18. The maximum atomic E-state index is 6.18. The van der Waals surface area contributed by atoms with Gasteiger partial charge < -0.3 is 9.32 Å². The van der Waals surface area contributed by atoms with Gasteiger partial charge in [-0.15, -0.1) is 0 Å². The second-order valence-corrected chi connectivity index (χ2v) is 16.2. The molecule has 0 unspecified atom stereocenters. The van der Waals surface area contributed by atoms with Crippen LogP contribution in [-0.2, 0) is 0 Å². The van der Waals surface area contributed by atoms with E-state index in [2.05, 4.69) is 223 Å². The van der Waals surface area contributed by atoms with Crippen LogP contribution in [0.15, 0.2) is 241 Å². The Bertz CT molecular complexity index is 3580. The van der Waals surface area contributed by atoms with Crippen molar-refractivity contribution in [3.8, 4) is 44.7 Å². The van der Waals surface area contributed by atoms with Crippen LogP contribution in [-0.4, -0.2) is 0 Å². The number of anilines is 3. The van der Waals surface area contributed by atoms with Crippen molar-refractivity contribution in [2.75, 3.05) is 4.90 Å². The lowest BCUT2D eigenvalue weighted by molar-refractivity contribution is 0.631. The van der Waals surface area contributed by atoms with E-state index in [-0.39, 0.29) is 0 Å². The molecule has 0 saturated heterocycles. The van der Waals surface area contributed by atoms with Gasteiger partial charge in [0.1, 0.15) is 11.3 Å². The van der Waals surface area contributed by atoms with Gasteiger partial charge in [-0.1, -0.05) is 176 Å². The molecule has 0 aliphatic rings. The lowest BCUT2D eigenvalue weighted by Crippen LogP contribution is -2.09. The normalized spacial score (nSPS) is 11.5. The summed E-state index contributed by atoms with van der Waals surface area (Å²) >= 11 is 0. The fourth-order valence-electron chi connectivity index (χ4n) is 9.22. The minimum absolute atomic E-state index is 0.880. The smallest absolute Gasteiger partial charge is 0.135 e. The molecule has 0 saturated carbocycles. The van der Waals surface area contributed by atoms with Gasteiger partial charge in [-0.3, -0.25) is 0 Å². The second kappa shape index (κ2) is 14.8. The second-order valence-electron chi connectivity index (χ2n) is 16.2. The van der Waals surface area contributed by atoms with E-state index in [9.17, 15) is 0 Å². The van der Waals surface area contributed by atoms with Crippen molar-refractivity contribution in [1.82, 2.24) is 0 Å². The average Bonchev–Trinajstić information content (AvgIpc) is 3.79. The summed E-state index contributed by atoms with van der Waals surface area (Å²) in [7, 11) is 0. The Morgan fingerprint density at radius 1 is 0.242 bits per heavy atom. The van der Waals surface area contributed by atoms with Gasteiger partial charge in [-0.2, -0.15) is 0 Å². The highest BCUT2D eigenvalue weighted by Crippen LogP contribution is 2.40. The van der Waals surface area contributed by atoms with Gasteiger partial charge in [-0.25, -0.2) is 0 Å². The fraction of sp³-hybridized carbons (Fsp3) is 0. The number of fused-ring (bicyclic) bond motifs is 7. The van der Waals surface area contributed by atoms with Crippen molar-refractivity contribution in [3.05, 3.63) is 237 Å². The first kappa shape index (κ1) is 35.7. The molecule has 0 aliphatic carbocycles. The Morgan fingerprint density at radius 2 is 0.677 bits per heavy atom. The molecule has 1 aromatic heterocycles. The number of rotatable bonds is 7.